The van der Waals surface area contributed by atoms with Crippen molar-refractivity contribution >= 4 is 29.1 Å². The Labute approximate surface area is 154 Å². The minimum atomic E-state index is 0.235. The van der Waals surface area contributed by atoms with Gasteiger partial charge in [0.15, 0.2) is 5.11 Å². The lowest BCUT2D eigenvalue weighted by Gasteiger charge is -2.22. The van der Waals surface area contributed by atoms with Crippen LogP contribution in [0.1, 0.15) is 38.5 Å². The maximum Gasteiger partial charge on any atom is 0.234 e. The second-order valence-electron chi connectivity index (χ2n) is 6.46. The molecule has 2 aliphatic rings. The quantitative estimate of drug-likeness (QED) is 0.771. The van der Waals surface area contributed by atoms with E-state index in [0.29, 0.717) is 23.5 Å². The normalized spacial score (nSPS) is 20.8. The van der Waals surface area contributed by atoms with Crippen LogP contribution < -0.4 is 20.3 Å². The molecule has 0 aliphatic carbocycles. The molecule has 0 radical (unpaired) electrons. The maximum absolute atomic E-state index is 5.59. The summed E-state index contributed by atoms with van der Waals surface area (Å²) in [6.07, 6.45) is 7.36. The third-order valence-corrected chi connectivity index (χ3v) is 4.81. The second-order valence-corrected chi connectivity index (χ2v) is 6.87. The smallest absolute Gasteiger partial charge is 0.234 e. The maximum atomic E-state index is 5.59. The standard InChI is InChI=1S/C17H27N5O2S/c1-23-15-11-14(22-8-4-2-3-5-9-22)19-16(20-15)21-17(25)18-12-13-7-6-10-24-13/h11,13H,2-10,12H2,1H3,(H2,18,19,20,21,25)/t13-/m0/s1. The number of hydrogen-bond donors (Lipinski definition) is 2. The van der Waals surface area contributed by atoms with E-state index in [1.54, 1.807) is 7.11 Å². The van der Waals surface area contributed by atoms with Crippen molar-refractivity contribution in [1.29, 1.82) is 0 Å². The van der Waals surface area contributed by atoms with E-state index < -0.39 is 0 Å². The van der Waals surface area contributed by atoms with Gasteiger partial charge in [0.2, 0.25) is 11.8 Å². The second kappa shape index (κ2) is 9.15. The summed E-state index contributed by atoms with van der Waals surface area (Å²) in [4.78, 5) is 11.3. The average Bonchev–Trinajstić information content (AvgIpc) is 3.00. The van der Waals surface area contributed by atoms with Crippen molar-refractivity contribution < 1.29 is 9.47 Å². The van der Waals surface area contributed by atoms with Crippen molar-refractivity contribution in [2.45, 2.75) is 44.6 Å². The number of nitrogens with one attached hydrogen (secondary N) is 2. The van der Waals surface area contributed by atoms with Crippen LogP contribution in [0.2, 0.25) is 0 Å². The van der Waals surface area contributed by atoms with Crippen LogP contribution in [0, 0.1) is 0 Å². The monoisotopic (exact) mass is 365 g/mol. The molecule has 2 saturated heterocycles. The van der Waals surface area contributed by atoms with Crippen LogP contribution in [0.25, 0.3) is 0 Å². The summed E-state index contributed by atoms with van der Waals surface area (Å²) in [6.45, 7) is 3.57. The lowest BCUT2D eigenvalue weighted by Crippen LogP contribution is -2.35. The fourth-order valence-corrected chi connectivity index (χ4v) is 3.37. The highest BCUT2D eigenvalue weighted by Crippen LogP contribution is 2.22. The zero-order chi connectivity index (χ0) is 17.5. The van der Waals surface area contributed by atoms with Gasteiger partial charge in [-0.3, -0.25) is 0 Å². The average molecular weight is 366 g/mol. The van der Waals surface area contributed by atoms with E-state index >= 15 is 0 Å². The minimum Gasteiger partial charge on any atom is -0.481 e. The predicted molar refractivity (Wildman–Crippen MR) is 102 cm³/mol. The fraction of sp³-hybridized carbons (Fsp3) is 0.706. The van der Waals surface area contributed by atoms with Gasteiger partial charge in [0.05, 0.1) is 13.2 Å². The highest BCUT2D eigenvalue weighted by atomic mass is 32.1. The van der Waals surface area contributed by atoms with Crippen molar-refractivity contribution in [2.24, 2.45) is 0 Å². The molecular formula is C17H27N5O2S. The highest BCUT2D eigenvalue weighted by molar-refractivity contribution is 7.80. The van der Waals surface area contributed by atoms with Gasteiger partial charge < -0.3 is 25.0 Å². The van der Waals surface area contributed by atoms with E-state index in [0.717, 1.165) is 38.4 Å². The molecule has 0 aromatic carbocycles. The van der Waals surface area contributed by atoms with Gasteiger partial charge in [-0.1, -0.05) is 12.8 Å². The summed E-state index contributed by atoms with van der Waals surface area (Å²) >= 11 is 5.36. The number of anilines is 2. The molecule has 0 bridgehead atoms. The molecule has 1 aromatic heterocycles. The Balaban J connectivity index is 1.63. The van der Waals surface area contributed by atoms with Crippen molar-refractivity contribution in [3.63, 3.8) is 0 Å². The SMILES string of the molecule is COc1cc(N2CCCCCC2)nc(NC(=S)NC[C@@H]2CCCO2)n1. The van der Waals surface area contributed by atoms with Crippen LogP contribution in [0.4, 0.5) is 11.8 Å². The summed E-state index contributed by atoms with van der Waals surface area (Å²) in [6, 6.07) is 1.89. The van der Waals surface area contributed by atoms with Crippen molar-refractivity contribution in [1.82, 2.24) is 15.3 Å². The third kappa shape index (κ3) is 5.40. The van der Waals surface area contributed by atoms with Crippen LogP contribution in [-0.2, 0) is 4.74 Å². The summed E-state index contributed by atoms with van der Waals surface area (Å²) < 4.78 is 10.9. The molecule has 3 heterocycles. The summed E-state index contributed by atoms with van der Waals surface area (Å²) in [5, 5.41) is 6.76. The molecule has 2 aliphatic heterocycles. The Bertz CT molecular complexity index is 572. The first-order chi connectivity index (χ1) is 12.2. The molecule has 0 amide bonds. The molecule has 2 N–H and O–H groups in total. The highest BCUT2D eigenvalue weighted by Gasteiger charge is 2.17. The van der Waals surface area contributed by atoms with Crippen LogP contribution in [0.3, 0.4) is 0 Å². The van der Waals surface area contributed by atoms with Crippen LogP contribution in [0.15, 0.2) is 6.07 Å². The summed E-state index contributed by atoms with van der Waals surface area (Å²) in [5.74, 6) is 1.89. The van der Waals surface area contributed by atoms with E-state index in [-0.39, 0.29) is 6.10 Å². The van der Waals surface area contributed by atoms with E-state index in [9.17, 15) is 0 Å². The number of hydrogen-bond acceptors (Lipinski definition) is 6. The van der Waals surface area contributed by atoms with E-state index in [4.69, 9.17) is 21.7 Å². The topological polar surface area (TPSA) is 71.5 Å². The lowest BCUT2D eigenvalue weighted by molar-refractivity contribution is 0.114. The number of thiocarbonyl (C=S) groups is 1. The fourth-order valence-electron chi connectivity index (χ4n) is 3.19. The molecule has 1 atom stereocenters. The van der Waals surface area contributed by atoms with E-state index in [2.05, 4.69) is 25.5 Å². The van der Waals surface area contributed by atoms with Gasteiger partial charge in [0, 0.05) is 32.3 Å². The van der Waals surface area contributed by atoms with Crippen LogP contribution >= 0.6 is 12.2 Å². The number of aromatic nitrogens is 2. The van der Waals surface area contributed by atoms with Gasteiger partial charge in [0.1, 0.15) is 5.82 Å². The van der Waals surface area contributed by atoms with Crippen LogP contribution in [-0.4, -0.2) is 54.5 Å². The molecule has 7 nitrogen and oxygen atoms in total. The predicted octanol–water partition coefficient (Wildman–Crippen LogP) is 2.33. The van der Waals surface area contributed by atoms with Gasteiger partial charge in [-0.25, -0.2) is 0 Å². The van der Waals surface area contributed by atoms with Gasteiger partial charge in [0.25, 0.3) is 0 Å². The minimum absolute atomic E-state index is 0.235. The zero-order valence-electron chi connectivity index (χ0n) is 14.8. The Morgan fingerprint density at radius 2 is 2.08 bits per heavy atom. The van der Waals surface area contributed by atoms with E-state index in [1.807, 2.05) is 6.07 Å². The molecule has 3 rings (SSSR count). The van der Waals surface area contributed by atoms with Gasteiger partial charge in [-0.15, -0.1) is 0 Å². The largest absolute Gasteiger partial charge is 0.481 e. The molecule has 0 spiro atoms. The Morgan fingerprint density at radius 3 is 2.76 bits per heavy atom. The molecule has 1 aromatic rings. The van der Waals surface area contributed by atoms with Crippen molar-refractivity contribution in [2.75, 3.05) is 43.6 Å². The molecule has 0 saturated carbocycles. The Hall–Kier alpha value is -1.67. The van der Waals surface area contributed by atoms with Crippen molar-refractivity contribution in [3.05, 3.63) is 6.07 Å². The first kappa shape index (κ1) is 18.1. The number of nitrogens with zero attached hydrogens (tertiary/aromatic N) is 3. The van der Waals surface area contributed by atoms with Crippen molar-refractivity contribution in [3.8, 4) is 5.88 Å². The molecule has 25 heavy (non-hydrogen) atoms. The Morgan fingerprint density at radius 1 is 1.28 bits per heavy atom. The third-order valence-electron chi connectivity index (χ3n) is 4.57. The summed E-state index contributed by atoms with van der Waals surface area (Å²) in [5.41, 5.74) is 0. The lowest BCUT2D eigenvalue weighted by atomic mass is 10.2. The molecule has 2 fully saturated rings. The van der Waals surface area contributed by atoms with Crippen LogP contribution in [0.5, 0.6) is 5.88 Å². The zero-order valence-corrected chi connectivity index (χ0v) is 15.6. The van der Waals surface area contributed by atoms with E-state index in [1.165, 1.54) is 25.7 Å². The van der Waals surface area contributed by atoms with Gasteiger partial charge >= 0.3 is 0 Å². The first-order valence-corrected chi connectivity index (χ1v) is 9.50. The molecule has 0 unspecified atom stereocenters. The number of rotatable bonds is 5. The van der Waals surface area contributed by atoms with Gasteiger partial charge in [-0.05, 0) is 37.9 Å². The Kier molecular flexibility index (Phi) is 6.63. The van der Waals surface area contributed by atoms with Gasteiger partial charge in [-0.2, -0.15) is 9.97 Å². The molecule has 8 heteroatoms. The first-order valence-electron chi connectivity index (χ1n) is 9.09. The number of methoxy groups -OCH3 is 1. The molecule has 138 valence electrons. The molecular weight excluding hydrogens is 338 g/mol. The number of ether oxygens (including phenoxy) is 2. The summed E-state index contributed by atoms with van der Waals surface area (Å²) in [7, 11) is 1.62.